The summed E-state index contributed by atoms with van der Waals surface area (Å²) in [6, 6.07) is 19.3. The summed E-state index contributed by atoms with van der Waals surface area (Å²) in [5.74, 6) is -0.199. The van der Waals surface area contributed by atoms with E-state index in [4.69, 9.17) is 0 Å². The van der Waals surface area contributed by atoms with E-state index < -0.39 is 9.84 Å². The fourth-order valence-electron chi connectivity index (χ4n) is 3.75. The maximum atomic E-state index is 13.1. The maximum Gasteiger partial charge on any atom is 0.254 e. The van der Waals surface area contributed by atoms with Gasteiger partial charge in [0.15, 0.2) is 9.84 Å². The van der Waals surface area contributed by atoms with Gasteiger partial charge in [-0.15, -0.1) is 0 Å². The summed E-state index contributed by atoms with van der Waals surface area (Å²) >= 11 is 0. The number of hydrogen-bond acceptors (Lipinski definition) is 3. The van der Waals surface area contributed by atoms with Gasteiger partial charge in [-0.05, 0) is 48.9 Å². The molecule has 0 spiro atoms. The molecule has 1 atom stereocenters. The molecule has 6 heteroatoms. The first-order valence-electron chi connectivity index (χ1n) is 9.28. The van der Waals surface area contributed by atoms with Crippen molar-refractivity contribution in [3.8, 4) is 0 Å². The van der Waals surface area contributed by atoms with E-state index in [0.29, 0.717) is 17.7 Å². The Balaban J connectivity index is 1.57. The van der Waals surface area contributed by atoms with Gasteiger partial charge >= 0.3 is 0 Å². The molecule has 0 N–H and O–H groups in total. The van der Waals surface area contributed by atoms with Gasteiger partial charge in [0, 0.05) is 30.5 Å². The Morgan fingerprint density at radius 1 is 1.00 bits per heavy atom. The van der Waals surface area contributed by atoms with Crippen LogP contribution in [0, 0.1) is 0 Å². The topological polar surface area (TPSA) is 59.4 Å². The van der Waals surface area contributed by atoms with Gasteiger partial charge in [0.2, 0.25) is 0 Å². The average Bonchev–Trinajstić information content (AvgIpc) is 3.18. The zero-order chi connectivity index (χ0) is 19.7. The van der Waals surface area contributed by atoms with Crippen LogP contribution in [-0.2, 0) is 22.1 Å². The Bertz CT molecular complexity index is 1100. The second-order valence-corrected chi connectivity index (χ2v) is 9.06. The number of sulfone groups is 1. The molecule has 0 bridgehead atoms. The molecular weight excluding hydrogens is 372 g/mol. The predicted octanol–water partition coefficient (Wildman–Crippen LogP) is 3.68. The van der Waals surface area contributed by atoms with Crippen molar-refractivity contribution in [1.82, 2.24) is 9.47 Å². The van der Waals surface area contributed by atoms with E-state index in [-0.39, 0.29) is 22.6 Å². The predicted molar refractivity (Wildman–Crippen MR) is 108 cm³/mol. The third-order valence-electron chi connectivity index (χ3n) is 5.24. The molecule has 2 heterocycles. The summed E-state index contributed by atoms with van der Waals surface area (Å²) < 4.78 is 27.5. The maximum absolute atomic E-state index is 13.1. The van der Waals surface area contributed by atoms with Crippen LogP contribution in [0.1, 0.15) is 34.6 Å². The first kappa shape index (κ1) is 18.5. The lowest BCUT2D eigenvalue weighted by Gasteiger charge is -2.35. The van der Waals surface area contributed by atoms with E-state index in [1.54, 1.807) is 54.6 Å². The van der Waals surface area contributed by atoms with Crippen molar-refractivity contribution in [2.45, 2.75) is 30.2 Å². The number of benzene rings is 2. The molecule has 0 fully saturated rings. The molecular formula is C22H22N2O3S. The van der Waals surface area contributed by atoms with Crippen LogP contribution in [0.25, 0.3) is 0 Å². The van der Waals surface area contributed by atoms with Gasteiger partial charge < -0.3 is 9.47 Å². The molecule has 4 rings (SSSR count). The number of hydrogen-bond donors (Lipinski definition) is 0. The van der Waals surface area contributed by atoms with Crippen LogP contribution in [-0.4, -0.2) is 30.3 Å². The van der Waals surface area contributed by atoms with Crippen LogP contribution in [0.4, 0.5) is 0 Å². The van der Waals surface area contributed by atoms with Gasteiger partial charge in [-0.1, -0.05) is 30.3 Å². The van der Waals surface area contributed by atoms with Crippen molar-refractivity contribution in [2.24, 2.45) is 0 Å². The molecule has 3 aromatic rings. The van der Waals surface area contributed by atoms with Crippen molar-refractivity contribution in [1.29, 1.82) is 0 Å². The molecule has 0 saturated carbocycles. The van der Waals surface area contributed by atoms with Gasteiger partial charge in [0.1, 0.15) is 0 Å². The van der Waals surface area contributed by atoms with Gasteiger partial charge in [-0.25, -0.2) is 8.42 Å². The molecule has 144 valence electrons. The smallest absolute Gasteiger partial charge is 0.254 e. The number of aromatic nitrogens is 1. The minimum atomic E-state index is -3.45. The van der Waals surface area contributed by atoms with Crippen molar-refractivity contribution >= 4 is 15.7 Å². The van der Waals surface area contributed by atoms with E-state index in [1.165, 1.54) is 0 Å². The summed E-state index contributed by atoms with van der Waals surface area (Å²) in [6.45, 7) is 3.42. The van der Waals surface area contributed by atoms with Crippen molar-refractivity contribution in [3.05, 3.63) is 89.7 Å². The lowest BCUT2D eigenvalue weighted by molar-refractivity contribution is 0.0644. The van der Waals surface area contributed by atoms with Crippen LogP contribution in [0.3, 0.4) is 0 Å². The van der Waals surface area contributed by atoms with E-state index in [1.807, 2.05) is 30.2 Å². The van der Waals surface area contributed by atoms with E-state index in [9.17, 15) is 13.2 Å². The molecule has 1 aliphatic rings. The number of amides is 1. The monoisotopic (exact) mass is 394 g/mol. The minimum absolute atomic E-state index is 0.0204. The van der Waals surface area contributed by atoms with Gasteiger partial charge in [0.05, 0.1) is 16.7 Å². The van der Waals surface area contributed by atoms with Gasteiger partial charge in [-0.3, -0.25) is 4.79 Å². The number of nitrogens with zero attached hydrogens (tertiary/aromatic N) is 2. The molecule has 28 heavy (non-hydrogen) atoms. The van der Waals surface area contributed by atoms with Crippen molar-refractivity contribution in [2.75, 3.05) is 6.54 Å². The fraction of sp³-hybridized carbons (Fsp3) is 0.227. The van der Waals surface area contributed by atoms with Crippen LogP contribution in [0.2, 0.25) is 0 Å². The highest BCUT2D eigenvalue weighted by Gasteiger charge is 2.28. The molecule has 5 nitrogen and oxygen atoms in total. The number of rotatable bonds is 4. The second-order valence-electron chi connectivity index (χ2n) is 7.07. The Morgan fingerprint density at radius 2 is 1.79 bits per heavy atom. The highest BCUT2D eigenvalue weighted by atomic mass is 32.2. The number of carbonyl (C=O) groups excluding carboxylic acids is 1. The number of fused-ring (bicyclic) bond motifs is 1. The first-order chi connectivity index (χ1) is 13.5. The zero-order valence-electron chi connectivity index (χ0n) is 15.7. The standard InChI is InChI=1S/C22H22N2O3S/c1-17-21-11-6-12-23(21)13-14-24(17)22(25)19-8-5-7-18(15-19)16-28(26,27)20-9-3-2-4-10-20/h2-12,15,17H,13-14,16H2,1H3. The Hall–Kier alpha value is -2.86. The summed E-state index contributed by atoms with van der Waals surface area (Å²) in [5.41, 5.74) is 2.25. The minimum Gasteiger partial charge on any atom is -0.348 e. The molecule has 2 aromatic carbocycles. The summed E-state index contributed by atoms with van der Waals surface area (Å²) in [5, 5.41) is 0. The Kier molecular flexibility index (Phi) is 4.81. The lowest BCUT2D eigenvalue weighted by Crippen LogP contribution is -2.40. The van der Waals surface area contributed by atoms with Crippen LogP contribution in [0.15, 0.2) is 77.8 Å². The normalized spacial score (nSPS) is 16.6. The molecule has 1 unspecified atom stereocenters. The Morgan fingerprint density at radius 3 is 2.57 bits per heavy atom. The lowest BCUT2D eigenvalue weighted by atomic mass is 10.1. The van der Waals surface area contributed by atoms with Crippen molar-refractivity contribution in [3.63, 3.8) is 0 Å². The fourth-order valence-corrected chi connectivity index (χ4v) is 5.10. The van der Waals surface area contributed by atoms with Gasteiger partial charge in [0.25, 0.3) is 5.91 Å². The highest BCUT2D eigenvalue weighted by molar-refractivity contribution is 7.90. The van der Waals surface area contributed by atoms with Crippen LogP contribution in [0.5, 0.6) is 0 Å². The van der Waals surface area contributed by atoms with Crippen LogP contribution >= 0.6 is 0 Å². The number of carbonyl (C=O) groups is 1. The first-order valence-corrected chi connectivity index (χ1v) is 10.9. The molecule has 1 amide bonds. The van der Waals surface area contributed by atoms with E-state index >= 15 is 0 Å². The summed E-state index contributed by atoms with van der Waals surface area (Å²) in [4.78, 5) is 15.2. The van der Waals surface area contributed by atoms with E-state index in [0.717, 1.165) is 12.2 Å². The Labute approximate surface area is 165 Å². The SMILES string of the molecule is CC1c2cccn2CCN1C(=O)c1cccc(CS(=O)(=O)c2ccccc2)c1. The summed E-state index contributed by atoms with van der Waals surface area (Å²) in [6.07, 6.45) is 2.03. The third kappa shape index (κ3) is 3.47. The third-order valence-corrected chi connectivity index (χ3v) is 6.94. The van der Waals surface area contributed by atoms with Crippen LogP contribution < -0.4 is 0 Å². The zero-order valence-corrected chi connectivity index (χ0v) is 16.5. The van der Waals surface area contributed by atoms with Crippen molar-refractivity contribution < 1.29 is 13.2 Å². The molecule has 1 aromatic heterocycles. The quantitative estimate of drug-likeness (QED) is 0.678. The molecule has 1 aliphatic heterocycles. The second kappa shape index (κ2) is 7.28. The molecule has 0 aliphatic carbocycles. The average molecular weight is 394 g/mol. The highest BCUT2D eigenvalue weighted by Crippen LogP contribution is 2.27. The van der Waals surface area contributed by atoms with Gasteiger partial charge in [-0.2, -0.15) is 0 Å². The molecule has 0 saturated heterocycles. The van der Waals surface area contributed by atoms with E-state index in [2.05, 4.69) is 4.57 Å². The summed E-state index contributed by atoms with van der Waals surface area (Å²) in [7, 11) is -3.45. The largest absolute Gasteiger partial charge is 0.348 e. The molecule has 0 radical (unpaired) electrons.